The maximum Gasteiger partial charge on any atom is 0.410 e. The van der Waals surface area contributed by atoms with Gasteiger partial charge in [0, 0.05) is 38.3 Å². The molecule has 1 aromatic rings. The summed E-state index contributed by atoms with van der Waals surface area (Å²) >= 11 is 0. The standard InChI is InChI=1S/C30H44N4O6/c1-20-17-22(25(36)29(18-20)10-6-7-11-30(29)38-15-16-39-30)24(35)23-9-12-31-26(32-23)34-14-8-13-33(19-21(34)2)27(37)40-28(3,4)5/h9,12,20-22H,6-8,10-11,13-19H2,1-5H3/t20?,21-,22?,29?/m0/s1. The highest BCUT2D eigenvalue weighted by atomic mass is 16.7. The molecule has 4 atom stereocenters. The molecule has 4 fully saturated rings. The average molecular weight is 557 g/mol. The van der Waals surface area contributed by atoms with E-state index in [1.807, 2.05) is 32.6 Å². The van der Waals surface area contributed by atoms with Crippen LogP contribution < -0.4 is 4.90 Å². The highest BCUT2D eigenvalue weighted by Gasteiger charge is 2.64. The number of carbonyl (C=O) groups is 3. The molecular weight excluding hydrogens is 512 g/mol. The van der Waals surface area contributed by atoms with E-state index in [0.29, 0.717) is 70.9 Å². The summed E-state index contributed by atoms with van der Waals surface area (Å²) in [5.41, 5.74) is -1.10. The van der Waals surface area contributed by atoms with Crippen LogP contribution in [0.25, 0.3) is 0 Å². The second kappa shape index (κ2) is 11.0. The van der Waals surface area contributed by atoms with Crippen molar-refractivity contribution in [2.24, 2.45) is 17.3 Å². The number of anilines is 1. The number of nitrogens with zero attached hydrogens (tertiary/aromatic N) is 4. The van der Waals surface area contributed by atoms with Gasteiger partial charge in [0.15, 0.2) is 17.4 Å². The van der Waals surface area contributed by atoms with E-state index in [1.54, 1.807) is 17.2 Å². The Morgan fingerprint density at radius 1 is 1.07 bits per heavy atom. The summed E-state index contributed by atoms with van der Waals surface area (Å²) < 4.78 is 17.9. The number of hydrogen-bond acceptors (Lipinski definition) is 9. The summed E-state index contributed by atoms with van der Waals surface area (Å²) in [7, 11) is 0. The Morgan fingerprint density at radius 2 is 1.80 bits per heavy atom. The molecule has 2 aliphatic heterocycles. The number of ether oxygens (including phenoxy) is 3. The molecule has 1 amide bonds. The quantitative estimate of drug-likeness (QED) is 0.395. The van der Waals surface area contributed by atoms with E-state index in [-0.39, 0.29) is 35.3 Å². The molecule has 2 saturated carbocycles. The lowest BCUT2D eigenvalue weighted by molar-refractivity contribution is -0.258. The summed E-state index contributed by atoms with van der Waals surface area (Å²) in [6.07, 6.45) is 6.43. The average Bonchev–Trinajstić information content (AvgIpc) is 3.28. The van der Waals surface area contributed by atoms with Gasteiger partial charge in [0.25, 0.3) is 0 Å². The smallest absolute Gasteiger partial charge is 0.410 e. The minimum atomic E-state index is -0.909. The van der Waals surface area contributed by atoms with Crippen LogP contribution in [-0.2, 0) is 19.0 Å². The molecule has 0 aromatic carbocycles. The molecule has 1 aromatic heterocycles. The van der Waals surface area contributed by atoms with Gasteiger partial charge in [0.1, 0.15) is 11.3 Å². The molecule has 2 aliphatic carbocycles. The molecule has 0 bridgehead atoms. The Morgan fingerprint density at radius 3 is 2.52 bits per heavy atom. The summed E-state index contributed by atoms with van der Waals surface area (Å²) in [4.78, 5) is 53.8. The third-order valence-corrected chi connectivity index (χ3v) is 8.93. The molecule has 3 heterocycles. The number of amides is 1. The van der Waals surface area contributed by atoms with Gasteiger partial charge in [-0.05, 0) is 71.8 Å². The lowest BCUT2D eigenvalue weighted by atomic mass is 9.55. The van der Waals surface area contributed by atoms with Crippen molar-refractivity contribution >= 4 is 23.6 Å². The first-order chi connectivity index (χ1) is 18.9. The van der Waals surface area contributed by atoms with Crippen LogP contribution in [0, 0.1) is 17.3 Å². The summed E-state index contributed by atoms with van der Waals surface area (Å²) in [6, 6.07) is 1.53. The van der Waals surface area contributed by atoms with E-state index in [0.717, 1.165) is 12.8 Å². The lowest BCUT2D eigenvalue weighted by Crippen LogP contribution is -2.61. The Labute approximate surface area is 237 Å². The monoisotopic (exact) mass is 556 g/mol. The topological polar surface area (TPSA) is 111 Å². The van der Waals surface area contributed by atoms with Gasteiger partial charge in [-0.15, -0.1) is 0 Å². The molecule has 0 N–H and O–H groups in total. The molecule has 10 heteroatoms. The van der Waals surface area contributed by atoms with Crippen molar-refractivity contribution in [1.82, 2.24) is 14.9 Å². The minimum Gasteiger partial charge on any atom is -0.444 e. The first-order valence-electron chi connectivity index (χ1n) is 14.9. The highest BCUT2D eigenvalue weighted by Crippen LogP contribution is 2.57. The lowest BCUT2D eigenvalue weighted by Gasteiger charge is -2.53. The largest absolute Gasteiger partial charge is 0.444 e. The highest BCUT2D eigenvalue weighted by molar-refractivity contribution is 6.12. The van der Waals surface area contributed by atoms with Gasteiger partial charge in [0.2, 0.25) is 5.95 Å². The molecule has 40 heavy (non-hydrogen) atoms. The van der Waals surface area contributed by atoms with Crippen LogP contribution in [0.1, 0.15) is 90.1 Å². The Kier molecular flexibility index (Phi) is 7.96. The molecular formula is C30H44N4O6. The number of aromatic nitrogens is 2. The first-order valence-corrected chi connectivity index (χ1v) is 14.9. The van der Waals surface area contributed by atoms with Crippen LogP contribution in [0.2, 0.25) is 0 Å². The van der Waals surface area contributed by atoms with Crippen LogP contribution in [-0.4, -0.2) is 82.8 Å². The zero-order chi connectivity index (χ0) is 28.7. The SMILES string of the molecule is CC1CC(C(=O)c2ccnc(N3CCCN(C(=O)OC(C)(C)C)C[C@@H]3C)n2)C(=O)C2(CCCCC23OCCO3)C1. The number of rotatable bonds is 3. The maximum atomic E-state index is 14.2. The van der Waals surface area contributed by atoms with E-state index in [1.165, 1.54) is 0 Å². The molecule has 4 aliphatic rings. The minimum absolute atomic E-state index is 0.0477. The zero-order valence-electron chi connectivity index (χ0n) is 24.6. The van der Waals surface area contributed by atoms with Gasteiger partial charge >= 0.3 is 6.09 Å². The van der Waals surface area contributed by atoms with Crippen molar-refractivity contribution < 1.29 is 28.6 Å². The summed E-state index contributed by atoms with van der Waals surface area (Å²) in [5, 5.41) is 0. The molecule has 2 spiro atoms. The molecule has 5 rings (SSSR count). The fourth-order valence-corrected chi connectivity index (χ4v) is 7.26. The van der Waals surface area contributed by atoms with Crippen molar-refractivity contribution in [1.29, 1.82) is 0 Å². The van der Waals surface area contributed by atoms with E-state index in [2.05, 4.69) is 11.9 Å². The fraction of sp³-hybridized carbons (Fsp3) is 0.767. The van der Waals surface area contributed by atoms with Gasteiger partial charge < -0.3 is 24.0 Å². The number of ketones is 2. The number of Topliss-reactive ketones (excluding diaryl/α,β-unsaturated/α-hetero) is 2. The Bertz CT molecular complexity index is 1130. The van der Waals surface area contributed by atoms with Crippen LogP contribution in [0.15, 0.2) is 12.3 Å². The van der Waals surface area contributed by atoms with Crippen LogP contribution >= 0.6 is 0 Å². The normalized spacial score (nSPS) is 30.9. The number of carbonyl (C=O) groups excluding carboxylic acids is 3. The summed E-state index contributed by atoms with van der Waals surface area (Å²) in [5.74, 6) is -1.37. The Hall–Kier alpha value is -2.59. The first kappa shape index (κ1) is 28.9. The van der Waals surface area contributed by atoms with Gasteiger partial charge in [-0.1, -0.05) is 13.3 Å². The van der Waals surface area contributed by atoms with E-state index in [4.69, 9.17) is 19.2 Å². The molecule has 2 saturated heterocycles. The second-order valence-corrected chi connectivity index (χ2v) is 13.1. The number of hydrogen-bond donors (Lipinski definition) is 0. The van der Waals surface area contributed by atoms with Crippen molar-refractivity contribution in [3.63, 3.8) is 0 Å². The van der Waals surface area contributed by atoms with E-state index in [9.17, 15) is 14.4 Å². The number of fused-ring (bicyclic) bond motifs is 1. The predicted octanol–water partition coefficient (Wildman–Crippen LogP) is 4.41. The molecule has 10 nitrogen and oxygen atoms in total. The van der Waals surface area contributed by atoms with Crippen molar-refractivity contribution in [3.05, 3.63) is 18.0 Å². The Balaban J connectivity index is 1.36. The third-order valence-electron chi connectivity index (χ3n) is 8.93. The van der Waals surface area contributed by atoms with Crippen LogP contribution in [0.3, 0.4) is 0 Å². The fourth-order valence-electron chi connectivity index (χ4n) is 7.26. The van der Waals surface area contributed by atoms with E-state index >= 15 is 0 Å². The van der Waals surface area contributed by atoms with Crippen molar-refractivity contribution in [2.45, 2.75) is 97.0 Å². The van der Waals surface area contributed by atoms with Crippen LogP contribution in [0.5, 0.6) is 0 Å². The van der Waals surface area contributed by atoms with Gasteiger partial charge in [-0.25, -0.2) is 14.8 Å². The van der Waals surface area contributed by atoms with E-state index < -0.39 is 22.7 Å². The van der Waals surface area contributed by atoms with Gasteiger partial charge in [-0.2, -0.15) is 0 Å². The maximum absolute atomic E-state index is 14.2. The summed E-state index contributed by atoms with van der Waals surface area (Å²) in [6.45, 7) is 12.3. The van der Waals surface area contributed by atoms with Gasteiger partial charge in [-0.3, -0.25) is 9.59 Å². The van der Waals surface area contributed by atoms with Crippen LogP contribution in [0.4, 0.5) is 10.7 Å². The third kappa shape index (κ3) is 5.36. The van der Waals surface area contributed by atoms with Gasteiger partial charge in [0.05, 0.1) is 24.5 Å². The predicted molar refractivity (Wildman–Crippen MR) is 148 cm³/mol. The molecule has 0 radical (unpaired) electrons. The van der Waals surface area contributed by atoms with Crippen molar-refractivity contribution in [2.75, 3.05) is 37.7 Å². The molecule has 220 valence electrons. The zero-order valence-corrected chi connectivity index (χ0v) is 24.6. The second-order valence-electron chi connectivity index (χ2n) is 13.1. The van der Waals surface area contributed by atoms with Crippen molar-refractivity contribution in [3.8, 4) is 0 Å². The molecule has 3 unspecified atom stereocenters.